The first-order chi connectivity index (χ1) is 16.8. The summed E-state index contributed by atoms with van der Waals surface area (Å²) in [6.45, 7) is 4.87. The van der Waals surface area contributed by atoms with Crippen molar-refractivity contribution in [2.45, 2.75) is 50.9 Å². The van der Waals surface area contributed by atoms with Crippen LogP contribution in [0.4, 0.5) is 5.88 Å². The van der Waals surface area contributed by atoms with Crippen molar-refractivity contribution in [3.05, 3.63) is 71.8 Å². The van der Waals surface area contributed by atoms with Crippen molar-refractivity contribution in [2.75, 3.05) is 37.7 Å². The molecule has 2 saturated heterocycles. The Morgan fingerprint density at radius 1 is 1.00 bits per heavy atom. The third-order valence-corrected chi connectivity index (χ3v) is 6.86. The zero-order valence-corrected chi connectivity index (χ0v) is 19.8. The number of rotatable bonds is 10. The van der Waals surface area contributed by atoms with E-state index in [-0.39, 0.29) is 6.10 Å². The Balaban J connectivity index is 1.40. The zero-order chi connectivity index (χ0) is 23.2. The number of ether oxygens (including phenoxy) is 1. The number of aliphatic hydroxyl groups is 1. The summed E-state index contributed by atoms with van der Waals surface area (Å²) in [6.07, 6.45) is 4.91. The third kappa shape index (κ3) is 5.69. The van der Waals surface area contributed by atoms with E-state index in [0.29, 0.717) is 19.5 Å². The Morgan fingerprint density at radius 2 is 1.74 bits per heavy atom. The minimum Gasteiger partial charge on any atom is -0.391 e. The van der Waals surface area contributed by atoms with Crippen LogP contribution >= 0.6 is 0 Å². The second-order valence-electron chi connectivity index (χ2n) is 9.55. The van der Waals surface area contributed by atoms with E-state index in [1.807, 2.05) is 36.4 Å². The molecule has 2 aromatic carbocycles. The van der Waals surface area contributed by atoms with E-state index in [1.165, 1.54) is 12.8 Å². The van der Waals surface area contributed by atoms with E-state index in [9.17, 15) is 5.11 Å². The van der Waals surface area contributed by atoms with E-state index < -0.39 is 6.10 Å². The van der Waals surface area contributed by atoms with Gasteiger partial charge in [-0.2, -0.15) is 0 Å². The summed E-state index contributed by atoms with van der Waals surface area (Å²) in [5.41, 5.74) is 4.23. The van der Waals surface area contributed by atoms with Gasteiger partial charge in [0.15, 0.2) is 0 Å². The Bertz CT molecular complexity index is 1010. The SMILES string of the molecule is OC(Cc1ccccc1)CN(Cc1c(-c2ccccc2)noc1N1CCCC1)CC1CCCO1. The fraction of sp³-hybridized carbons (Fsp3) is 0.464. The van der Waals surface area contributed by atoms with Crippen LogP contribution in [-0.4, -0.2) is 60.2 Å². The van der Waals surface area contributed by atoms with Crippen LogP contribution in [-0.2, 0) is 17.7 Å². The van der Waals surface area contributed by atoms with E-state index in [4.69, 9.17) is 9.26 Å². The molecule has 0 saturated carbocycles. The Labute approximate surface area is 202 Å². The molecule has 0 radical (unpaired) electrons. The second-order valence-corrected chi connectivity index (χ2v) is 9.55. The van der Waals surface area contributed by atoms with E-state index >= 15 is 0 Å². The topological polar surface area (TPSA) is 62.0 Å². The largest absolute Gasteiger partial charge is 0.391 e. The Hall–Kier alpha value is -2.67. The van der Waals surface area contributed by atoms with Crippen molar-refractivity contribution in [3.63, 3.8) is 0 Å². The molecule has 1 N–H and O–H groups in total. The molecule has 2 aliphatic rings. The van der Waals surface area contributed by atoms with Crippen LogP contribution in [0.15, 0.2) is 65.2 Å². The molecule has 5 rings (SSSR count). The van der Waals surface area contributed by atoms with Crippen LogP contribution in [0.2, 0.25) is 0 Å². The highest BCUT2D eigenvalue weighted by Crippen LogP contribution is 2.34. The van der Waals surface area contributed by atoms with Gasteiger partial charge in [-0.3, -0.25) is 4.90 Å². The second kappa shape index (κ2) is 11.2. The maximum atomic E-state index is 11.0. The molecular weight excluding hydrogens is 426 g/mol. The number of aliphatic hydroxyl groups excluding tert-OH is 1. The van der Waals surface area contributed by atoms with Crippen molar-refractivity contribution >= 4 is 5.88 Å². The van der Waals surface area contributed by atoms with Gasteiger partial charge in [-0.15, -0.1) is 0 Å². The summed E-state index contributed by atoms with van der Waals surface area (Å²) in [6, 6.07) is 20.5. The molecule has 180 valence electrons. The molecule has 2 fully saturated rings. The van der Waals surface area contributed by atoms with Gasteiger partial charge in [0.1, 0.15) is 5.69 Å². The molecule has 0 amide bonds. The highest BCUT2D eigenvalue weighted by molar-refractivity contribution is 5.68. The molecule has 6 heteroatoms. The molecule has 0 bridgehead atoms. The molecule has 34 heavy (non-hydrogen) atoms. The Morgan fingerprint density at radius 3 is 2.44 bits per heavy atom. The average molecular weight is 462 g/mol. The van der Waals surface area contributed by atoms with Crippen LogP contribution in [0.3, 0.4) is 0 Å². The molecule has 2 atom stereocenters. The minimum atomic E-state index is -0.459. The predicted molar refractivity (Wildman–Crippen MR) is 134 cm³/mol. The lowest BCUT2D eigenvalue weighted by Crippen LogP contribution is -2.38. The minimum absolute atomic E-state index is 0.208. The predicted octanol–water partition coefficient (Wildman–Crippen LogP) is 4.53. The number of nitrogens with zero attached hydrogens (tertiary/aromatic N) is 3. The lowest BCUT2D eigenvalue weighted by molar-refractivity contribution is 0.0465. The summed E-state index contributed by atoms with van der Waals surface area (Å²) >= 11 is 0. The quantitative estimate of drug-likeness (QED) is 0.479. The van der Waals surface area contributed by atoms with Crippen LogP contribution in [0, 0.1) is 0 Å². The number of benzene rings is 2. The molecule has 3 heterocycles. The van der Waals surface area contributed by atoms with Crippen LogP contribution in [0.25, 0.3) is 11.3 Å². The van der Waals surface area contributed by atoms with E-state index in [0.717, 1.165) is 67.4 Å². The molecule has 0 aliphatic carbocycles. The summed E-state index contributed by atoms with van der Waals surface area (Å²) < 4.78 is 11.9. The Kier molecular flexibility index (Phi) is 7.59. The first kappa shape index (κ1) is 23.1. The standard InChI is InChI=1S/C28H35N3O3/c32-24(18-22-10-3-1-4-11-22)19-30(20-25-14-9-17-33-25)21-26-27(23-12-5-2-6-13-23)29-34-28(26)31-15-7-8-16-31/h1-6,10-13,24-25,32H,7-9,14-21H2. The first-order valence-corrected chi connectivity index (χ1v) is 12.6. The first-order valence-electron chi connectivity index (χ1n) is 12.6. The lowest BCUT2D eigenvalue weighted by Gasteiger charge is -2.28. The van der Waals surface area contributed by atoms with Crippen molar-refractivity contribution in [3.8, 4) is 11.3 Å². The fourth-order valence-corrected chi connectivity index (χ4v) is 5.19. The fourth-order valence-electron chi connectivity index (χ4n) is 5.19. The summed E-state index contributed by atoms with van der Waals surface area (Å²) in [5.74, 6) is 0.881. The van der Waals surface area contributed by atoms with Crippen molar-refractivity contribution in [1.29, 1.82) is 0 Å². The van der Waals surface area contributed by atoms with Gasteiger partial charge in [-0.25, -0.2) is 0 Å². The van der Waals surface area contributed by atoms with Gasteiger partial charge in [0.05, 0.1) is 17.8 Å². The van der Waals surface area contributed by atoms with Crippen LogP contribution in [0.1, 0.15) is 36.8 Å². The zero-order valence-electron chi connectivity index (χ0n) is 19.8. The van der Waals surface area contributed by atoms with Gasteiger partial charge in [0, 0.05) is 44.9 Å². The maximum Gasteiger partial charge on any atom is 0.232 e. The highest BCUT2D eigenvalue weighted by atomic mass is 16.5. The van der Waals surface area contributed by atoms with Crippen molar-refractivity contribution < 1.29 is 14.4 Å². The highest BCUT2D eigenvalue weighted by Gasteiger charge is 2.28. The average Bonchev–Trinajstić information content (AvgIpc) is 3.63. The van der Waals surface area contributed by atoms with E-state index in [1.54, 1.807) is 0 Å². The van der Waals surface area contributed by atoms with Gasteiger partial charge in [0.2, 0.25) is 5.88 Å². The summed E-state index contributed by atoms with van der Waals surface area (Å²) in [5, 5.41) is 15.5. The van der Waals surface area contributed by atoms with Gasteiger partial charge in [-0.05, 0) is 37.7 Å². The van der Waals surface area contributed by atoms with Crippen molar-refractivity contribution in [2.24, 2.45) is 0 Å². The molecule has 3 aromatic rings. The summed E-state index contributed by atoms with van der Waals surface area (Å²) in [7, 11) is 0. The van der Waals surface area contributed by atoms with Gasteiger partial charge in [0.25, 0.3) is 0 Å². The molecule has 2 unspecified atom stereocenters. The summed E-state index contributed by atoms with van der Waals surface area (Å²) in [4.78, 5) is 4.65. The van der Waals surface area contributed by atoms with E-state index in [2.05, 4.69) is 39.2 Å². The van der Waals surface area contributed by atoms with Gasteiger partial charge < -0.3 is 19.3 Å². The maximum absolute atomic E-state index is 11.0. The third-order valence-electron chi connectivity index (χ3n) is 6.86. The smallest absolute Gasteiger partial charge is 0.232 e. The number of anilines is 1. The molecule has 2 aliphatic heterocycles. The molecule has 1 aromatic heterocycles. The van der Waals surface area contributed by atoms with Gasteiger partial charge in [-0.1, -0.05) is 65.8 Å². The normalized spacial score (nSPS) is 19.2. The number of aromatic nitrogens is 1. The number of hydrogen-bond acceptors (Lipinski definition) is 6. The molecule has 0 spiro atoms. The van der Waals surface area contributed by atoms with Crippen molar-refractivity contribution in [1.82, 2.24) is 10.1 Å². The van der Waals surface area contributed by atoms with Crippen LogP contribution in [0.5, 0.6) is 0 Å². The monoisotopic (exact) mass is 461 g/mol. The van der Waals surface area contributed by atoms with Crippen LogP contribution < -0.4 is 4.90 Å². The lowest BCUT2D eigenvalue weighted by atomic mass is 10.0. The molecular formula is C28H35N3O3. The number of hydrogen-bond donors (Lipinski definition) is 1. The molecule has 6 nitrogen and oxygen atoms in total. The van der Waals surface area contributed by atoms with Gasteiger partial charge >= 0.3 is 0 Å².